The van der Waals surface area contributed by atoms with E-state index in [9.17, 15) is 0 Å². The lowest BCUT2D eigenvalue weighted by Gasteiger charge is -2.05. The number of aryl methyl sites for hydroxylation is 4. The molecule has 0 fully saturated rings. The number of benzene rings is 2. The van der Waals surface area contributed by atoms with E-state index in [4.69, 9.17) is 0 Å². The Balaban J connectivity index is 2.10. The second kappa shape index (κ2) is 4.47. The van der Waals surface area contributed by atoms with Crippen LogP contribution in [0.2, 0.25) is 0 Å². The SMILES string of the molecule is Cc1cc2c3ccccc3n(C)c2cc1-c1c[n+](C)cn1C. The van der Waals surface area contributed by atoms with Gasteiger partial charge in [-0.3, -0.25) is 0 Å². The number of rotatable bonds is 1. The lowest BCUT2D eigenvalue weighted by molar-refractivity contribution is -0.670. The summed E-state index contributed by atoms with van der Waals surface area (Å²) in [6.45, 7) is 2.20. The first kappa shape index (κ1) is 13.1. The number of para-hydroxylation sites is 1. The van der Waals surface area contributed by atoms with Crippen LogP contribution in [0.15, 0.2) is 48.9 Å². The van der Waals surface area contributed by atoms with E-state index in [0.717, 1.165) is 0 Å². The highest BCUT2D eigenvalue weighted by atomic mass is 15.1. The molecule has 110 valence electrons. The summed E-state index contributed by atoms with van der Waals surface area (Å²) in [6, 6.07) is 13.3. The van der Waals surface area contributed by atoms with Crippen LogP contribution < -0.4 is 4.57 Å². The molecule has 0 aliphatic heterocycles. The first-order chi connectivity index (χ1) is 10.6. The van der Waals surface area contributed by atoms with E-state index in [1.807, 2.05) is 0 Å². The first-order valence-corrected chi connectivity index (χ1v) is 7.56. The maximum absolute atomic E-state index is 2.32. The molecular weight excluding hydrogens is 270 g/mol. The molecule has 0 spiro atoms. The minimum absolute atomic E-state index is 1.24. The van der Waals surface area contributed by atoms with E-state index < -0.39 is 0 Å². The first-order valence-electron chi connectivity index (χ1n) is 7.56. The molecule has 0 unspecified atom stereocenters. The molecule has 0 saturated heterocycles. The summed E-state index contributed by atoms with van der Waals surface area (Å²) in [7, 11) is 6.31. The molecule has 3 nitrogen and oxygen atoms in total. The Labute approximate surface area is 130 Å². The van der Waals surface area contributed by atoms with Crippen molar-refractivity contribution in [3.63, 3.8) is 0 Å². The standard InChI is InChI=1S/C19H20N3/c1-13-9-16-14-7-5-6-8-17(14)22(4)18(16)10-15(13)19-11-20(2)12-21(19)3/h5-12H,1-4H3/q+1. The average molecular weight is 290 g/mol. The van der Waals surface area contributed by atoms with Crippen LogP contribution in [0.3, 0.4) is 0 Å². The van der Waals surface area contributed by atoms with Gasteiger partial charge in [-0.15, -0.1) is 0 Å². The largest absolute Gasteiger partial charge is 0.344 e. The summed E-state index contributed by atoms with van der Waals surface area (Å²) in [6.07, 6.45) is 4.28. The maximum atomic E-state index is 2.32. The van der Waals surface area contributed by atoms with Gasteiger partial charge in [0.05, 0.1) is 14.1 Å². The monoisotopic (exact) mass is 290 g/mol. The van der Waals surface area contributed by atoms with E-state index in [0.29, 0.717) is 0 Å². The van der Waals surface area contributed by atoms with E-state index in [1.54, 1.807) is 0 Å². The minimum atomic E-state index is 1.24. The normalized spacial score (nSPS) is 11.6. The molecule has 0 N–H and O–H groups in total. The van der Waals surface area contributed by atoms with Crippen molar-refractivity contribution in [1.82, 2.24) is 9.13 Å². The number of hydrogen-bond acceptors (Lipinski definition) is 0. The topological polar surface area (TPSA) is 13.7 Å². The molecule has 3 heteroatoms. The zero-order chi connectivity index (χ0) is 15.4. The van der Waals surface area contributed by atoms with Gasteiger partial charge in [-0.05, 0) is 30.7 Å². The fourth-order valence-corrected chi connectivity index (χ4v) is 3.50. The second-order valence-corrected chi connectivity index (χ2v) is 6.17. The van der Waals surface area contributed by atoms with E-state index in [1.165, 1.54) is 38.6 Å². The van der Waals surface area contributed by atoms with Crippen molar-refractivity contribution < 1.29 is 4.57 Å². The molecular formula is C19H20N3+. The summed E-state index contributed by atoms with van der Waals surface area (Å²) in [5, 5.41) is 2.66. The van der Waals surface area contributed by atoms with E-state index in [-0.39, 0.29) is 0 Å². The fourth-order valence-electron chi connectivity index (χ4n) is 3.50. The predicted molar refractivity (Wildman–Crippen MR) is 90.7 cm³/mol. The molecule has 4 rings (SSSR count). The van der Waals surface area contributed by atoms with Crippen LogP contribution in [0.5, 0.6) is 0 Å². The van der Waals surface area contributed by atoms with E-state index in [2.05, 4.69) is 90.7 Å². The number of aromatic nitrogens is 3. The molecule has 2 heterocycles. The molecule has 0 radical (unpaired) electrons. The Morgan fingerprint density at radius 2 is 1.73 bits per heavy atom. The van der Waals surface area contributed by atoms with Crippen molar-refractivity contribution in [3.05, 3.63) is 54.5 Å². The average Bonchev–Trinajstić information content (AvgIpc) is 2.97. The summed E-state index contributed by atoms with van der Waals surface area (Å²) in [4.78, 5) is 0. The zero-order valence-corrected chi connectivity index (χ0v) is 13.5. The van der Waals surface area contributed by atoms with Gasteiger partial charge >= 0.3 is 0 Å². The van der Waals surface area contributed by atoms with Crippen molar-refractivity contribution in [1.29, 1.82) is 0 Å². The van der Waals surface area contributed by atoms with Gasteiger partial charge in [0.25, 0.3) is 0 Å². The van der Waals surface area contributed by atoms with Gasteiger partial charge in [-0.1, -0.05) is 18.2 Å². The Hall–Kier alpha value is -2.55. The van der Waals surface area contributed by atoms with Crippen LogP contribution in [-0.4, -0.2) is 9.13 Å². The third-order valence-electron chi connectivity index (χ3n) is 4.60. The van der Waals surface area contributed by atoms with Crippen molar-refractivity contribution in [2.24, 2.45) is 21.1 Å². The summed E-state index contributed by atoms with van der Waals surface area (Å²) >= 11 is 0. The molecule has 0 atom stereocenters. The number of nitrogens with zero attached hydrogens (tertiary/aromatic N) is 3. The fraction of sp³-hybridized carbons (Fsp3) is 0.211. The van der Waals surface area contributed by atoms with Crippen molar-refractivity contribution in [3.8, 4) is 11.3 Å². The molecule has 0 aliphatic carbocycles. The summed E-state index contributed by atoms with van der Waals surface area (Å²) in [5.41, 5.74) is 6.41. The number of hydrogen-bond donors (Lipinski definition) is 0. The molecule has 0 aliphatic rings. The number of fused-ring (bicyclic) bond motifs is 3. The van der Waals surface area contributed by atoms with Gasteiger partial charge in [-0.2, -0.15) is 0 Å². The van der Waals surface area contributed by atoms with Gasteiger partial charge in [0.15, 0.2) is 5.69 Å². The highest BCUT2D eigenvalue weighted by Crippen LogP contribution is 2.33. The zero-order valence-electron chi connectivity index (χ0n) is 13.5. The lowest BCUT2D eigenvalue weighted by atomic mass is 10.0. The van der Waals surface area contributed by atoms with Crippen LogP contribution in [0.4, 0.5) is 0 Å². The minimum Gasteiger partial charge on any atom is -0.344 e. The van der Waals surface area contributed by atoms with Crippen LogP contribution in [0.1, 0.15) is 5.56 Å². The van der Waals surface area contributed by atoms with Crippen molar-refractivity contribution in [2.75, 3.05) is 0 Å². The Morgan fingerprint density at radius 3 is 2.45 bits per heavy atom. The summed E-state index contributed by atoms with van der Waals surface area (Å²) < 4.78 is 6.56. The van der Waals surface area contributed by atoms with Gasteiger partial charge in [0, 0.05) is 34.4 Å². The Morgan fingerprint density at radius 1 is 0.955 bits per heavy atom. The van der Waals surface area contributed by atoms with Gasteiger partial charge in [-0.25, -0.2) is 9.13 Å². The summed E-state index contributed by atoms with van der Waals surface area (Å²) in [5.74, 6) is 0. The highest BCUT2D eigenvalue weighted by molar-refractivity contribution is 6.09. The molecule has 22 heavy (non-hydrogen) atoms. The maximum Gasteiger partial charge on any atom is 0.243 e. The molecule has 2 aromatic heterocycles. The van der Waals surface area contributed by atoms with Gasteiger partial charge in [0.2, 0.25) is 6.33 Å². The highest BCUT2D eigenvalue weighted by Gasteiger charge is 2.16. The second-order valence-electron chi connectivity index (χ2n) is 6.17. The quantitative estimate of drug-likeness (QED) is 0.477. The molecule has 4 aromatic rings. The van der Waals surface area contributed by atoms with Crippen LogP contribution in [-0.2, 0) is 21.1 Å². The predicted octanol–water partition coefficient (Wildman–Crippen LogP) is 3.47. The van der Waals surface area contributed by atoms with Crippen molar-refractivity contribution in [2.45, 2.75) is 6.92 Å². The lowest BCUT2D eigenvalue weighted by Crippen LogP contribution is -2.23. The van der Waals surface area contributed by atoms with Gasteiger partial charge < -0.3 is 4.57 Å². The van der Waals surface area contributed by atoms with Crippen LogP contribution in [0, 0.1) is 6.92 Å². The number of imidazole rings is 1. The van der Waals surface area contributed by atoms with Crippen LogP contribution >= 0.6 is 0 Å². The van der Waals surface area contributed by atoms with Crippen LogP contribution in [0.25, 0.3) is 33.1 Å². The third-order valence-corrected chi connectivity index (χ3v) is 4.60. The molecule has 0 bridgehead atoms. The molecule has 0 saturated carbocycles. The smallest absolute Gasteiger partial charge is 0.243 e. The van der Waals surface area contributed by atoms with Gasteiger partial charge in [0.1, 0.15) is 6.20 Å². The Bertz CT molecular complexity index is 1020. The third kappa shape index (κ3) is 1.72. The van der Waals surface area contributed by atoms with E-state index >= 15 is 0 Å². The molecule has 2 aromatic carbocycles. The molecule has 0 amide bonds. The Kier molecular flexibility index (Phi) is 2.67. The van der Waals surface area contributed by atoms with Crippen molar-refractivity contribution >= 4 is 21.8 Å².